The fourth-order valence-corrected chi connectivity index (χ4v) is 3.79. The van der Waals surface area contributed by atoms with Gasteiger partial charge in [0.05, 0.1) is 23.1 Å². The fourth-order valence-electron chi connectivity index (χ4n) is 3.79. The topological polar surface area (TPSA) is 75.0 Å². The second-order valence-electron chi connectivity index (χ2n) is 7.55. The van der Waals surface area contributed by atoms with Crippen molar-refractivity contribution in [1.82, 2.24) is 20.4 Å². The van der Waals surface area contributed by atoms with Crippen molar-refractivity contribution in [1.29, 1.82) is 0 Å². The minimum Gasteiger partial charge on any atom is -0.507 e. The molecule has 1 aliphatic carbocycles. The Balaban J connectivity index is 1.55. The van der Waals surface area contributed by atoms with E-state index in [-0.39, 0.29) is 11.8 Å². The van der Waals surface area contributed by atoms with Crippen molar-refractivity contribution in [2.45, 2.75) is 44.8 Å². The zero-order chi connectivity index (χ0) is 20.4. The molecule has 2 aromatic heterocycles. The van der Waals surface area contributed by atoms with Crippen LogP contribution < -0.4 is 4.90 Å². The van der Waals surface area contributed by atoms with Crippen LogP contribution in [0, 0.1) is 6.92 Å². The Labute approximate surface area is 169 Å². The third kappa shape index (κ3) is 4.04. The standard InChI is InChI=1S/C22H24FN5O/c1-14-7-10-18(25-24-14)15-8-9-16(21(29)13-15)19-11-12-22(27-26-19)28(2)20-6-4-3-5-17(20)23/h7-13,17,20,29H,3-6H2,1-2H3/t17-,20+/m1/s1. The van der Waals surface area contributed by atoms with Crippen LogP contribution in [-0.2, 0) is 0 Å². The Bertz CT molecular complexity index is 977. The van der Waals surface area contributed by atoms with Gasteiger partial charge in [0.1, 0.15) is 11.9 Å². The van der Waals surface area contributed by atoms with Gasteiger partial charge in [0.15, 0.2) is 5.82 Å². The number of phenols is 1. The first-order chi connectivity index (χ1) is 14.0. The highest BCUT2D eigenvalue weighted by molar-refractivity contribution is 5.73. The van der Waals surface area contributed by atoms with Gasteiger partial charge in [0, 0.05) is 18.2 Å². The summed E-state index contributed by atoms with van der Waals surface area (Å²) in [6.45, 7) is 1.87. The van der Waals surface area contributed by atoms with E-state index >= 15 is 0 Å². The normalized spacial score (nSPS) is 19.1. The quantitative estimate of drug-likeness (QED) is 0.711. The van der Waals surface area contributed by atoms with Crippen molar-refractivity contribution in [3.05, 3.63) is 48.2 Å². The van der Waals surface area contributed by atoms with E-state index in [0.29, 0.717) is 29.2 Å². The zero-order valence-electron chi connectivity index (χ0n) is 16.6. The van der Waals surface area contributed by atoms with Gasteiger partial charge in [-0.1, -0.05) is 18.9 Å². The summed E-state index contributed by atoms with van der Waals surface area (Å²) in [7, 11) is 1.86. The highest BCUT2D eigenvalue weighted by Crippen LogP contribution is 2.33. The molecule has 1 fully saturated rings. The highest BCUT2D eigenvalue weighted by atomic mass is 19.1. The first-order valence-corrected chi connectivity index (χ1v) is 9.87. The van der Waals surface area contributed by atoms with Gasteiger partial charge >= 0.3 is 0 Å². The Morgan fingerprint density at radius 1 is 0.931 bits per heavy atom. The number of aromatic nitrogens is 4. The van der Waals surface area contributed by atoms with Crippen LogP contribution in [0.1, 0.15) is 31.4 Å². The molecule has 0 saturated heterocycles. The second kappa shape index (κ2) is 8.11. The van der Waals surface area contributed by atoms with Crippen molar-refractivity contribution in [2.24, 2.45) is 0 Å². The minimum absolute atomic E-state index is 0.0939. The molecule has 7 heteroatoms. The van der Waals surface area contributed by atoms with Gasteiger partial charge in [-0.25, -0.2) is 4.39 Å². The van der Waals surface area contributed by atoms with E-state index in [0.717, 1.165) is 30.5 Å². The molecule has 0 unspecified atom stereocenters. The van der Waals surface area contributed by atoms with Crippen LogP contribution in [0.5, 0.6) is 5.75 Å². The summed E-state index contributed by atoms with van der Waals surface area (Å²) >= 11 is 0. The molecule has 2 heterocycles. The molecule has 4 rings (SSSR count). The predicted molar refractivity (Wildman–Crippen MR) is 110 cm³/mol. The molecule has 2 atom stereocenters. The molecule has 1 N–H and O–H groups in total. The number of halogens is 1. The monoisotopic (exact) mass is 393 g/mol. The lowest BCUT2D eigenvalue weighted by molar-refractivity contribution is 0.213. The summed E-state index contributed by atoms with van der Waals surface area (Å²) in [6, 6.07) is 12.5. The van der Waals surface area contributed by atoms with E-state index in [1.54, 1.807) is 18.2 Å². The molecule has 150 valence electrons. The predicted octanol–water partition coefficient (Wildman–Crippen LogP) is 4.33. The Morgan fingerprint density at radius 3 is 2.34 bits per heavy atom. The molecule has 0 radical (unpaired) electrons. The average Bonchev–Trinajstić information content (AvgIpc) is 2.74. The van der Waals surface area contributed by atoms with Crippen LogP contribution in [0.4, 0.5) is 10.2 Å². The number of benzene rings is 1. The van der Waals surface area contributed by atoms with Gasteiger partial charge in [0.25, 0.3) is 0 Å². The smallest absolute Gasteiger partial charge is 0.151 e. The maximum absolute atomic E-state index is 14.2. The Morgan fingerprint density at radius 2 is 1.69 bits per heavy atom. The molecule has 3 aromatic rings. The number of rotatable bonds is 4. The summed E-state index contributed by atoms with van der Waals surface area (Å²) in [6.07, 6.45) is 2.57. The maximum atomic E-state index is 14.2. The lowest BCUT2D eigenvalue weighted by Gasteiger charge is -2.34. The molecule has 1 aliphatic rings. The number of aryl methyl sites for hydroxylation is 1. The van der Waals surface area contributed by atoms with Crippen molar-refractivity contribution in [3.8, 4) is 28.3 Å². The summed E-state index contributed by atoms with van der Waals surface area (Å²) in [5, 5.41) is 27.2. The average molecular weight is 393 g/mol. The van der Waals surface area contributed by atoms with Crippen LogP contribution in [0.2, 0.25) is 0 Å². The lowest BCUT2D eigenvalue weighted by Crippen LogP contribution is -2.41. The van der Waals surface area contributed by atoms with Crippen LogP contribution in [0.3, 0.4) is 0 Å². The number of aromatic hydroxyl groups is 1. The molecule has 0 spiro atoms. The fraction of sp³-hybridized carbons (Fsp3) is 0.364. The number of alkyl halides is 1. The third-order valence-electron chi connectivity index (χ3n) is 5.52. The van der Waals surface area contributed by atoms with Gasteiger partial charge < -0.3 is 10.0 Å². The number of hydrogen-bond acceptors (Lipinski definition) is 6. The molecule has 29 heavy (non-hydrogen) atoms. The van der Waals surface area contributed by atoms with Crippen molar-refractivity contribution in [3.63, 3.8) is 0 Å². The molecule has 1 saturated carbocycles. The summed E-state index contributed by atoms with van der Waals surface area (Å²) in [5.74, 6) is 0.728. The highest BCUT2D eigenvalue weighted by Gasteiger charge is 2.29. The van der Waals surface area contributed by atoms with E-state index in [4.69, 9.17) is 0 Å². The van der Waals surface area contributed by atoms with Crippen LogP contribution in [0.15, 0.2) is 42.5 Å². The Hall–Kier alpha value is -3.09. The second-order valence-corrected chi connectivity index (χ2v) is 7.55. The van der Waals surface area contributed by atoms with Crippen LogP contribution in [0.25, 0.3) is 22.5 Å². The van der Waals surface area contributed by atoms with Crippen LogP contribution in [-0.4, -0.2) is 44.8 Å². The van der Waals surface area contributed by atoms with E-state index in [2.05, 4.69) is 20.4 Å². The molecule has 0 aliphatic heterocycles. The summed E-state index contributed by atoms with van der Waals surface area (Å²) < 4.78 is 14.2. The molecular formula is C22H24FN5O. The molecule has 0 bridgehead atoms. The lowest BCUT2D eigenvalue weighted by atomic mass is 9.92. The van der Waals surface area contributed by atoms with E-state index < -0.39 is 6.17 Å². The number of hydrogen-bond donors (Lipinski definition) is 1. The third-order valence-corrected chi connectivity index (χ3v) is 5.52. The molecule has 6 nitrogen and oxygen atoms in total. The van der Waals surface area contributed by atoms with Gasteiger partial charge in [-0.15, -0.1) is 10.2 Å². The Kier molecular flexibility index (Phi) is 5.38. The minimum atomic E-state index is -0.836. The van der Waals surface area contributed by atoms with E-state index in [1.807, 2.05) is 43.1 Å². The van der Waals surface area contributed by atoms with Crippen LogP contribution >= 0.6 is 0 Å². The first kappa shape index (κ1) is 19.2. The zero-order valence-corrected chi connectivity index (χ0v) is 16.6. The largest absolute Gasteiger partial charge is 0.507 e. The van der Waals surface area contributed by atoms with Gasteiger partial charge in [-0.3, -0.25) is 0 Å². The summed E-state index contributed by atoms with van der Waals surface area (Å²) in [4.78, 5) is 1.87. The molecule has 0 amide bonds. The van der Waals surface area contributed by atoms with E-state index in [9.17, 15) is 9.50 Å². The van der Waals surface area contributed by atoms with Crippen molar-refractivity contribution >= 4 is 5.82 Å². The van der Waals surface area contributed by atoms with Gasteiger partial charge in [-0.05, 0) is 56.2 Å². The summed E-state index contributed by atoms with van der Waals surface area (Å²) in [5.41, 5.74) is 3.43. The SMILES string of the molecule is Cc1ccc(-c2ccc(-c3ccc(N(C)[C@H]4CCCC[C@H]4F)nn3)c(O)c2)nn1. The van der Waals surface area contributed by atoms with Gasteiger partial charge in [-0.2, -0.15) is 10.2 Å². The maximum Gasteiger partial charge on any atom is 0.151 e. The van der Waals surface area contributed by atoms with Crippen molar-refractivity contribution < 1.29 is 9.50 Å². The number of nitrogens with zero attached hydrogens (tertiary/aromatic N) is 5. The van der Waals surface area contributed by atoms with Crippen molar-refractivity contribution in [2.75, 3.05) is 11.9 Å². The molecule has 1 aromatic carbocycles. The molecular weight excluding hydrogens is 369 g/mol. The number of anilines is 1. The number of phenolic OH excluding ortho intramolecular Hbond substituents is 1. The van der Waals surface area contributed by atoms with Gasteiger partial charge in [0.2, 0.25) is 0 Å². The first-order valence-electron chi connectivity index (χ1n) is 9.87. The van der Waals surface area contributed by atoms with E-state index in [1.165, 1.54) is 0 Å².